The summed E-state index contributed by atoms with van der Waals surface area (Å²) in [5, 5.41) is 18.0. The minimum absolute atomic E-state index is 0.385. The Morgan fingerprint density at radius 2 is 1.18 bits per heavy atom. The number of fused-ring (bicyclic) bond motifs is 7. The van der Waals surface area contributed by atoms with E-state index in [-0.39, 0.29) is 0 Å². The number of hydrogen-bond donors (Lipinski definition) is 0. The van der Waals surface area contributed by atoms with Crippen molar-refractivity contribution in [3.63, 3.8) is 0 Å². The summed E-state index contributed by atoms with van der Waals surface area (Å²) < 4.78 is 2.33. The minimum atomic E-state index is 0.385. The molecule has 0 atom stereocenters. The predicted molar refractivity (Wildman–Crippen MR) is 184 cm³/mol. The lowest BCUT2D eigenvalue weighted by Crippen LogP contribution is -1.97. The van der Waals surface area contributed by atoms with Crippen molar-refractivity contribution in [2.45, 2.75) is 0 Å². The van der Waals surface area contributed by atoms with E-state index in [1.54, 1.807) is 0 Å². The molecule has 9 rings (SSSR count). The fraction of sp³-hybridized carbons (Fsp3) is 0. The summed E-state index contributed by atoms with van der Waals surface area (Å²) in [4.78, 5) is 9.35. The van der Waals surface area contributed by atoms with Crippen molar-refractivity contribution < 1.29 is 0 Å². The second kappa shape index (κ2) is 9.87. The molecule has 2 aromatic heterocycles. The monoisotopic (exact) mass is 572 g/mol. The average Bonchev–Trinajstić information content (AvgIpc) is 3.45. The van der Waals surface area contributed by atoms with E-state index in [0.717, 1.165) is 33.2 Å². The van der Waals surface area contributed by atoms with Crippen LogP contribution in [0.2, 0.25) is 0 Å². The molecule has 4 heteroatoms. The van der Waals surface area contributed by atoms with Gasteiger partial charge < -0.3 is 4.57 Å². The van der Waals surface area contributed by atoms with Gasteiger partial charge in [0, 0.05) is 27.4 Å². The zero-order valence-corrected chi connectivity index (χ0v) is 24.1. The first kappa shape index (κ1) is 25.2. The molecular formula is C41H24N4. The third kappa shape index (κ3) is 3.92. The molecule has 0 unspecified atom stereocenters. The zero-order valence-electron chi connectivity index (χ0n) is 24.1. The molecule has 0 spiro atoms. The number of para-hydroxylation sites is 2. The van der Waals surface area contributed by atoms with Crippen molar-refractivity contribution in [3.8, 4) is 34.3 Å². The van der Waals surface area contributed by atoms with E-state index in [1.807, 2.05) is 36.4 Å². The third-order valence-corrected chi connectivity index (χ3v) is 8.85. The van der Waals surface area contributed by atoms with Crippen molar-refractivity contribution in [1.82, 2.24) is 14.5 Å². The van der Waals surface area contributed by atoms with Crippen molar-refractivity contribution in [1.29, 1.82) is 5.26 Å². The number of rotatable bonds is 3. The molecule has 9 aromatic rings. The van der Waals surface area contributed by atoms with E-state index in [9.17, 15) is 5.26 Å². The molecule has 0 aliphatic heterocycles. The van der Waals surface area contributed by atoms with Crippen LogP contribution in [0.4, 0.5) is 0 Å². The highest BCUT2D eigenvalue weighted by molar-refractivity contribution is 6.17. The van der Waals surface area contributed by atoms with E-state index < -0.39 is 0 Å². The molecule has 45 heavy (non-hydrogen) atoms. The fourth-order valence-electron chi connectivity index (χ4n) is 6.76. The lowest BCUT2D eigenvalue weighted by atomic mass is 9.95. The quantitative estimate of drug-likeness (QED) is 0.198. The Bertz CT molecular complexity index is 2660. The lowest BCUT2D eigenvalue weighted by molar-refractivity contribution is 1.17. The van der Waals surface area contributed by atoms with E-state index >= 15 is 0 Å². The number of nitriles is 1. The maximum atomic E-state index is 9.74. The molecule has 0 amide bonds. The van der Waals surface area contributed by atoms with Crippen LogP contribution < -0.4 is 0 Å². The molecule has 208 valence electrons. The van der Waals surface area contributed by atoms with Crippen molar-refractivity contribution in [2.75, 3.05) is 0 Å². The maximum absolute atomic E-state index is 9.74. The van der Waals surface area contributed by atoms with Gasteiger partial charge in [-0.2, -0.15) is 5.26 Å². The molecule has 0 aliphatic carbocycles. The normalized spacial score (nSPS) is 11.5. The topological polar surface area (TPSA) is 54.5 Å². The number of nitrogens with zero attached hydrogens (tertiary/aromatic N) is 4. The molecule has 0 fully saturated rings. The highest BCUT2D eigenvalue weighted by Gasteiger charge is 2.17. The summed E-state index contributed by atoms with van der Waals surface area (Å²) in [6, 6.07) is 53.2. The summed E-state index contributed by atoms with van der Waals surface area (Å²) in [5.41, 5.74) is 7.77. The Morgan fingerprint density at radius 3 is 2.02 bits per heavy atom. The van der Waals surface area contributed by atoms with Gasteiger partial charge in [0.2, 0.25) is 0 Å². The van der Waals surface area contributed by atoms with E-state index in [1.165, 1.54) is 43.4 Å². The van der Waals surface area contributed by atoms with Gasteiger partial charge in [-0.3, -0.25) is 0 Å². The van der Waals surface area contributed by atoms with Gasteiger partial charge >= 0.3 is 0 Å². The van der Waals surface area contributed by atoms with Gasteiger partial charge in [-0.25, -0.2) is 9.97 Å². The van der Waals surface area contributed by atoms with Crippen LogP contribution in [0, 0.1) is 11.3 Å². The summed E-state index contributed by atoms with van der Waals surface area (Å²) in [7, 11) is 0. The van der Waals surface area contributed by atoms with Gasteiger partial charge in [-0.1, -0.05) is 91.0 Å². The highest BCUT2D eigenvalue weighted by Crippen LogP contribution is 2.40. The molecule has 7 aromatic carbocycles. The summed E-state index contributed by atoms with van der Waals surface area (Å²) in [6.45, 7) is 0. The van der Waals surface area contributed by atoms with Gasteiger partial charge in [0.1, 0.15) is 6.07 Å². The third-order valence-electron chi connectivity index (χ3n) is 8.85. The molecule has 0 saturated heterocycles. The Morgan fingerprint density at radius 1 is 0.511 bits per heavy atom. The van der Waals surface area contributed by atoms with Crippen LogP contribution in [0.15, 0.2) is 146 Å². The first-order valence-corrected chi connectivity index (χ1v) is 15.0. The molecule has 0 saturated carbocycles. The van der Waals surface area contributed by atoms with E-state index in [0.29, 0.717) is 11.5 Å². The molecule has 0 radical (unpaired) electrons. The molecule has 4 nitrogen and oxygen atoms in total. The lowest BCUT2D eigenvalue weighted by Gasteiger charge is -2.11. The highest BCUT2D eigenvalue weighted by atomic mass is 15.0. The minimum Gasteiger partial charge on any atom is -0.309 e. The van der Waals surface area contributed by atoms with Crippen LogP contribution in [-0.4, -0.2) is 14.5 Å². The van der Waals surface area contributed by atoms with E-state index in [4.69, 9.17) is 4.98 Å². The standard InChI is InChI=1S/C41H24N4/c42-25-37-33-10-3-5-13-36(33)43-41(44-37)28-20-22-30(23-21-28)45-38-14-6-4-11-34(38)40-32(12-7-15-39(40)45)29-19-18-27-17-16-26-8-1-2-9-31(26)35(27)24-29/h1-24H. The van der Waals surface area contributed by atoms with Gasteiger partial charge in [0.15, 0.2) is 11.5 Å². The summed E-state index contributed by atoms with van der Waals surface area (Å²) in [6.07, 6.45) is 0. The van der Waals surface area contributed by atoms with Gasteiger partial charge in [0.05, 0.1) is 16.6 Å². The van der Waals surface area contributed by atoms with Crippen LogP contribution in [0.25, 0.3) is 82.5 Å². The van der Waals surface area contributed by atoms with Gasteiger partial charge in [-0.15, -0.1) is 0 Å². The molecular weight excluding hydrogens is 548 g/mol. The SMILES string of the molecule is N#Cc1nc(-c2ccc(-n3c4ccccc4c4c(-c5ccc6ccc7ccccc7c6c5)cccc43)cc2)nc2ccccc12. The van der Waals surface area contributed by atoms with Crippen molar-refractivity contribution in [3.05, 3.63) is 151 Å². The predicted octanol–water partition coefficient (Wildman–Crippen LogP) is 10.2. The summed E-state index contributed by atoms with van der Waals surface area (Å²) >= 11 is 0. The number of hydrogen-bond acceptors (Lipinski definition) is 3. The van der Waals surface area contributed by atoms with Crippen LogP contribution in [0.5, 0.6) is 0 Å². The fourth-order valence-corrected chi connectivity index (χ4v) is 6.76. The van der Waals surface area contributed by atoms with Crippen LogP contribution >= 0.6 is 0 Å². The second-order valence-corrected chi connectivity index (χ2v) is 11.3. The van der Waals surface area contributed by atoms with E-state index in [2.05, 4.69) is 125 Å². The largest absolute Gasteiger partial charge is 0.309 e. The number of benzene rings is 7. The zero-order chi connectivity index (χ0) is 29.9. The average molecular weight is 573 g/mol. The first-order valence-electron chi connectivity index (χ1n) is 15.0. The van der Waals surface area contributed by atoms with Gasteiger partial charge in [0.25, 0.3) is 0 Å². The summed E-state index contributed by atoms with van der Waals surface area (Å²) in [5.74, 6) is 0.546. The smallest absolute Gasteiger partial charge is 0.161 e. The Balaban J connectivity index is 1.22. The van der Waals surface area contributed by atoms with Crippen molar-refractivity contribution >= 4 is 54.3 Å². The van der Waals surface area contributed by atoms with Gasteiger partial charge in [-0.05, 0) is 87.3 Å². The Hall–Kier alpha value is -6.31. The molecule has 0 bridgehead atoms. The molecule has 2 heterocycles. The number of aromatic nitrogens is 3. The first-order chi connectivity index (χ1) is 22.3. The molecule has 0 N–H and O–H groups in total. The van der Waals surface area contributed by atoms with Crippen LogP contribution in [-0.2, 0) is 0 Å². The van der Waals surface area contributed by atoms with Crippen LogP contribution in [0.3, 0.4) is 0 Å². The maximum Gasteiger partial charge on any atom is 0.161 e. The van der Waals surface area contributed by atoms with Crippen molar-refractivity contribution in [2.24, 2.45) is 0 Å². The Kier molecular flexibility index (Phi) is 5.53. The molecule has 0 aliphatic rings. The second-order valence-electron chi connectivity index (χ2n) is 11.3. The van der Waals surface area contributed by atoms with Crippen LogP contribution in [0.1, 0.15) is 5.69 Å². The Labute approximate surface area is 259 Å².